The molecule has 10 aromatic carbocycles. The standard InChI is InChI=1S/C59H32N4O2S/c1-2-13-35-32-49-44(29-34(35)12-1)39-15-5-8-18-47(39)63(49)48-26-25-43-42-24-21-33-11-3-4-14-38(33)55(42)65-56(43)54(48)59-61-57(36-22-27-51-45(30-36)40-16-6-9-19-50(40)64-51)60-58(62-59)37-23-28-53-46(31-37)41-17-7-10-20-52(41)66-53/h1-32H. The molecule has 0 saturated carbocycles. The number of nitrogens with zero attached hydrogens (tertiary/aromatic N) is 4. The molecule has 7 heteroatoms. The van der Waals surface area contributed by atoms with Gasteiger partial charge in [0.05, 0.1) is 22.3 Å². The molecule has 0 aliphatic carbocycles. The van der Waals surface area contributed by atoms with E-state index in [2.05, 4.69) is 174 Å². The number of fused-ring (bicyclic) bond motifs is 15. The highest BCUT2D eigenvalue weighted by molar-refractivity contribution is 7.25. The van der Waals surface area contributed by atoms with Crippen LogP contribution in [0.25, 0.3) is 147 Å². The van der Waals surface area contributed by atoms with Gasteiger partial charge in [0.25, 0.3) is 0 Å². The van der Waals surface area contributed by atoms with Crippen molar-refractivity contribution in [1.82, 2.24) is 19.5 Å². The Morgan fingerprint density at radius 2 is 0.970 bits per heavy atom. The largest absolute Gasteiger partial charge is 0.456 e. The summed E-state index contributed by atoms with van der Waals surface area (Å²) in [5.41, 5.74) is 8.80. The van der Waals surface area contributed by atoms with Crippen molar-refractivity contribution in [2.45, 2.75) is 0 Å². The Hall–Kier alpha value is -8.65. The van der Waals surface area contributed by atoms with E-state index in [9.17, 15) is 0 Å². The van der Waals surface area contributed by atoms with E-state index in [1.165, 1.54) is 30.9 Å². The average Bonchev–Trinajstić information content (AvgIpc) is 4.14. The summed E-state index contributed by atoms with van der Waals surface area (Å²) in [5.74, 6) is 1.63. The van der Waals surface area contributed by atoms with Crippen LogP contribution < -0.4 is 0 Å². The van der Waals surface area contributed by atoms with E-state index in [0.717, 1.165) is 93.2 Å². The molecule has 306 valence electrons. The van der Waals surface area contributed by atoms with Gasteiger partial charge in [-0.2, -0.15) is 0 Å². The van der Waals surface area contributed by atoms with E-state index in [4.69, 9.17) is 23.8 Å². The quantitative estimate of drug-likeness (QED) is 0.176. The van der Waals surface area contributed by atoms with Gasteiger partial charge in [-0.15, -0.1) is 11.3 Å². The second kappa shape index (κ2) is 13.4. The number of rotatable bonds is 4. The molecule has 0 saturated heterocycles. The van der Waals surface area contributed by atoms with Crippen LogP contribution in [0.15, 0.2) is 203 Å². The summed E-state index contributed by atoms with van der Waals surface area (Å²) in [5, 5.41) is 13.3. The van der Waals surface area contributed by atoms with Crippen LogP contribution >= 0.6 is 11.3 Å². The summed E-state index contributed by atoms with van der Waals surface area (Å²) < 4.78 is 18.4. The molecule has 5 aromatic heterocycles. The van der Waals surface area contributed by atoms with Gasteiger partial charge in [0.1, 0.15) is 22.3 Å². The van der Waals surface area contributed by atoms with Crippen molar-refractivity contribution in [1.29, 1.82) is 0 Å². The molecule has 5 heterocycles. The summed E-state index contributed by atoms with van der Waals surface area (Å²) in [6.45, 7) is 0. The fourth-order valence-electron chi connectivity index (χ4n) is 10.4. The molecular weight excluding hydrogens is 829 g/mol. The Balaban J connectivity index is 1.08. The molecule has 0 atom stereocenters. The van der Waals surface area contributed by atoms with E-state index in [-0.39, 0.29) is 0 Å². The van der Waals surface area contributed by atoms with Crippen molar-refractivity contribution in [3.05, 3.63) is 194 Å². The first-order chi connectivity index (χ1) is 32.7. The van der Waals surface area contributed by atoms with Gasteiger partial charge in [-0.3, -0.25) is 0 Å². The third-order valence-electron chi connectivity index (χ3n) is 13.4. The monoisotopic (exact) mass is 860 g/mol. The minimum atomic E-state index is 0.512. The minimum Gasteiger partial charge on any atom is -0.456 e. The summed E-state index contributed by atoms with van der Waals surface area (Å²) in [7, 11) is 0. The molecule has 66 heavy (non-hydrogen) atoms. The van der Waals surface area contributed by atoms with Crippen molar-refractivity contribution in [2.75, 3.05) is 0 Å². The molecule has 0 unspecified atom stereocenters. The molecule has 0 bridgehead atoms. The second-order valence-electron chi connectivity index (χ2n) is 17.1. The number of aromatic nitrogens is 4. The summed E-state index contributed by atoms with van der Waals surface area (Å²) in [6, 6.07) is 68.6. The number of hydrogen-bond acceptors (Lipinski definition) is 6. The van der Waals surface area contributed by atoms with Gasteiger partial charge >= 0.3 is 0 Å². The zero-order chi connectivity index (χ0) is 43.0. The van der Waals surface area contributed by atoms with Crippen molar-refractivity contribution >= 4 is 119 Å². The molecule has 0 N–H and O–H groups in total. The molecule has 0 aliphatic rings. The highest BCUT2D eigenvalue weighted by Gasteiger charge is 2.26. The van der Waals surface area contributed by atoms with Crippen LogP contribution in [-0.2, 0) is 0 Å². The topological polar surface area (TPSA) is 69.9 Å². The number of thiophene rings is 1. The normalized spacial score (nSPS) is 12.2. The Bertz CT molecular complexity index is 4420. The molecule has 0 fully saturated rings. The van der Waals surface area contributed by atoms with Gasteiger partial charge in [0.2, 0.25) is 0 Å². The van der Waals surface area contributed by atoms with Gasteiger partial charge in [-0.1, -0.05) is 109 Å². The predicted molar refractivity (Wildman–Crippen MR) is 273 cm³/mol. The molecule has 0 aliphatic heterocycles. The SMILES string of the molecule is c1ccc2cc3c(cc2c1)c1ccccc1n3-c1ccc2c(oc3c4ccccc4ccc23)c1-c1nc(-c2ccc3oc4ccccc4c3c2)nc(-c2ccc3sc4ccccc4c3c2)n1. The van der Waals surface area contributed by atoms with Crippen molar-refractivity contribution in [2.24, 2.45) is 0 Å². The fourth-order valence-corrected chi connectivity index (χ4v) is 11.4. The molecule has 0 amide bonds. The van der Waals surface area contributed by atoms with E-state index >= 15 is 0 Å². The van der Waals surface area contributed by atoms with Gasteiger partial charge in [0.15, 0.2) is 17.5 Å². The summed E-state index contributed by atoms with van der Waals surface area (Å²) in [4.78, 5) is 16.4. The van der Waals surface area contributed by atoms with E-state index in [1.54, 1.807) is 11.3 Å². The number of furan rings is 2. The van der Waals surface area contributed by atoms with Crippen LogP contribution in [0.4, 0.5) is 0 Å². The number of benzene rings is 10. The third-order valence-corrected chi connectivity index (χ3v) is 14.6. The lowest BCUT2D eigenvalue weighted by atomic mass is 10.0. The van der Waals surface area contributed by atoms with E-state index in [0.29, 0.717) is 23.1 Å². The number of para-hydroxylation sites is 2. The maximum Gasteiger partial charge on any atom is 0.170 e. The maximum atomic E-state index is 7.24. The highest BCUT2D eigenvalue weighted by Crippen LogP contribution is 2.45. The van der Waals surface area contributed by atoms with Crippen LogP contribution in [0.3, 0.4) is 0 Å². The van der Waals surface area contributed by atoms with Gasteiger partial charge < -0.3 is 13.4 Å². The Kier molecular flexibility index (Phi) is 7.28. The predicted octanol–water partition coefficient (Wildman–Crippen LogP) is 16.4. The minimum absolute atomic E-state index is 0.512. The first-order valence-electron chi connectivity index (χ1n) is 22.1. The maximum absolute atomic E-state index is 7.24. The third kappa shape index (κ3) is 5.14. The van der Waals surface area contributed by atoms with Gasteiger partial charge in [-0.25, -0.2) is 15.0 Å². The lowest BCUT2D eigenvalue weighted by Crippen LogP contribution is -2.04. The lowest BCUT2D eigenvalue weighted by molar-refractivity contribution is 0.669. The van der Waals surface area contributed by atoms with E-state index < -0.39 is 0 Å². The summed E-state index contributed by atoms with van der Waals surface area (Å²) >= 11 is 1.80. The van der Waals surface area contributed by atoms with Crippen LogP contribution in [0.2, 0.25) is 0 Å². The Morgan fingerprint density at radius 3 is 1.83 bits per heavy atom. The van der Waals surface area contributed by atoms with Crippen LogP contribution in [0, 0.1) is 0 Å². The molecule has 6 nitrogen and oxygen atoms in total. The van der Waals surface area contributed by atoms with Crippen molar-refractivity contribution in [3.8, 4) is 39.9 Å². The fraction of sp³-hybridized carbons (Fsp3) is 0. The van der Waals surface area contributed by atoms with E-state index in [1.807, 2.05) is 24.3 Å². The lowest BCUT2D eigenvalue weighted by Gasteiger charge is -2.15. The molecule has 15 rings (SSSR count). The van der Waals surface area contributed by atoms with Crippen LogP contribution in [0.1, 0.15) is 0 Å². The van der Waals surface area contributed by atoms with Crippen LogP contribution in [0.5, 0.6) is 0 Å². The molecule has 0 spiro atoms. The highest BCUT2D eigenvalue weighted by atomic mass is 32.1. The molecule has 0 radical (unpaired) electrons. The average molecular weight is 861 g/mol. The molecule has 15 aromatic rings. The first-order valence-corrected chi connectivity index (χ1v) is 22.9. The Labute approximate surface area is 379 Å². The van der Waals surface area contributed by atoms with Crippen molar-refractivity contribution in [3.63, 3.8) is 0 Å². The summed E-state index contributed by atoms with van der Waals surface area (Å²) in [6.07, 6.45) is 0. The van der Waals surface area contributed by atoms with Crippen molar-refractivity contribution < 1.29 is 8.83 Å². The van der Waals surface area contributed by atoms with Gasteiger partial charge in [0, 0.05) is 69.0 Å². The Morgan fingerprint density at radius 1 is 0.348 bits per heavy atom. The second-order valence-corrected chi connectivity index (χ2v) is 18.2. The van der Waals surface area contributed by atoms with Gasteiger partial charge in [-0.05, 0) is 101 Å². The molecular formula is C59H32N4O2S. The smallest absolute Gasteiger partial charge is 0.170 e. The first kappa shape index (κ1) is 35.8. The van der Waals surface area contributed by atoms with Crippen LogP contribution in [-0.4, -0.2) is 19.5 Å². The zero-order valence-corrected chi connectivity index (χ0v) is 35.8. The number of hydrogen-bond donors (Lipinski definition) is 0. The zero-order valence-electron chi connectivity index (χ0n) is 35.0.